The van der Waals surface area contributed by atoms with Crippen molar-refractivity contribution in [1.29, 1.82) is 0 Å². The molecule has 15 heteroatoms. The third kappa shape index (κ3) is 7.61. The summed E-state index contributed by atoms with van der Waals surface area (Å²) in [6.07, 6.45) is 4.16. The lowest BCUT2D eigenvalue weighted by molar-refractivity contribution is -0.132. The Morgan fingerprint density at radius 1 is 0.915 bits per heavy atom. The number of hydrogen-bond donors (Lipinski definition) is 1. The van der Waals surface area contributed by atoms with Gasteiger partial charge in [0.25, 0.3) is 17.4 Å². The van der Waals surface area contributed by atoms with Crippen molar-refractivity contribution >= 4 is 29.4 Å². The van der Waals surface area contributed by atoms with Gasteiger partial charge in [-0.3, -0.25) is 28.9 Å². The molecule has 0 bridgehead atoms. The van der Waals surface area contributed by atoms with Crippen LogP contribution in [0.2, 0.25) is 0 Å². The van der Waals surface area contributed by atoms with Crippen LogP contribution in [0.5, 0.6) is 17.2 Å². The summed E-state index contributed by atoms with van der Waals surface area (Å²) in [4.78, 5) is 84.8. The quantitative estimate of drug-likeness (QED) is 0.163. The van der Waals surface area contributed by atoms with Crippen molar-refractivity contribution in [2.75, 3.05) is 61.1 Å². The van der Waals surface area contributed by atoms with Crippen LogP contribution in [0.3, 0.4) is 0 Å². The molecule has 0 spiro atoms. The highest BCUT2D eigenvalue weighted by Crippen LogP contribution is 2.42. The molecule has 2 aromatic carbocycles. The minimum absolute atomic E-state index is 0.0699. The van der Waals surface area contributed by atoms with E-state index in [9.17, 15) is 28.8 Å². The minimum atomic E-state index is -0.904. The molecular formula is C44H52N6O9. The molecule has 4 heterocycles. The van der Waals surface area contributed by atoms with E-state index in [0.29, 0.717) is 60.8 Å². The first kappa shape index (κ1) is 40.2. The molecule has 2 aliphatic carbocycles. The lowest BCUT2D eigenvalue weighted by Crippen LogP contribution is -2.56. The van der Waals surface area contributed by atoms with Crippen molar-refractivity contribution in [3.8, 4) is 28.4 Å². The largest absolute Gasteiger partial charge is 0.496 e. The first-order chi connectivity index (χ1) is 28.3. The summed E-state index contributed by atoms with van der Waals surface area (Å²) in [6, 6.07) is 7.81. The highest BCUT2D eigenvalue weighted by Gasteiger charge is 2.48. The van der Waals surface area contributed by atoms with E-state index >= 15 is 0 Å². The number of aryl methyl sites for hydroxylation is 1. The number of methoxy groups -OCH3 is 2. The second-order valence-electron chi connectivity index (χ2n) is 16.8. The molecule has 2 unspecified atom stereocenters. The molecule has 4 amide bonds. The second-order valence-corrected chi connectivity index (χ2v) is 16.8. The number of rotatable bonds is 12. The van der Waals surface area contributed by atoms with Crippen molar-refractivity contribution < 1.29 is 38.2 Å². The van der Waals surface area contributed by atoms with E-state index in [-0.39, 0.29) is 60.3 Å². The van der Waals surface area contributed by atoms with E-state index in [4.69, 9.17) is 14.2 Å². The molecule has 3 aliphatic heterocycles. The number of benzene rings is 2. The van der Waals surface area contributed by atoms with Gasteiger partial charge < -0.3 is 38.8 Å². The Morgan fingerprint density at radius 2 is 1.66 bits per heavy atom. The van der Waals surface area contributed by atoms with Gasteiger partial charge in [-0.1, -0.05) is 0 Å². The highest BCUT2D eigenvalue weighted by atomic mass is 16.5. The molecule has 3 fully saturated rings. The fraction of sp³-hybridized carbons (Fsp3) is 0.500. The van der Waals surface area contributed by atoms with Crippen molar-refractivity contribution in [3.63, 3.8) is 0 Å². The van der Waals surface area contributed by atoms with E-state index in [1.807, 2.05) is 32.4 Å². The minimum Gasteiger partial charge on any atom is -0.496 e. The summed E-state index contributed by atoms with van der Waals surface area (Å²) in [5.41, 5.74) is 4.67. The topological polar surface area (TPSA) is 160 Å². The molecule has 1 N–H and O–H groups in total. The molecule has 15 nitrogen and oxygen atoms in total. The van der Waals surface area contributed by atoms with Crippen LogP contribution in [0.1, 0.15) is 69.5 Å². The van der Waals surface area contributed by atoms with Crippen LogP contribution in [0, 0.1) is 11.8 Å². The zero-order chi connectivity index (χ0) is 41.7. The summed E-state index contributed by atoms with van der Waals surface area (Å²) in [6.45, 7) is 4.43. The van der Waals surface area contributed by atoms with E-state index in [1.54, 1.807) is 48.9 Å². The van der Waals surface area contributed by atoms with Gasteiger partial charge in [0.2, 0.25) is 0 Å². The predicted molar refractivity (Wildman–Crippen MR) is 217 cm³/mol. The van der Waals surface area contributed by atoms with Gasteiger partial charge in [0.15, 0.2) is 5.78 Å². The predicted octanol–water partition coefficient (Wildman–Crippen LogP) is 3.27. The van der Waals surface area contributed by atoms with Gasteiger partial charge in [-0.05, 0) is 93.1 Å². The first-order valence-corrected chi connectivity index (χ1v) is 20.4. The number of Topliss-reactive ketones (excluding diaryl/α,β-unsaturated/α-hetero) is 2. The van der Waals surface area contributed by atoms with Gasteiger partial charge in [0.1, 0.15) is 23.0 Å². The average molecular weight is 809 g/mol. The number of urea groups is 1. The number of amides is 4. The number of aromatic nitrogens is 1. The number of carbonyl (C=O) groups is 5. The Bertz CT molecular complexity index is 2260. The van der Waals surface area contributed by atoms with Crippen LogP contribution in [0.4, 0.5) is 4.79 Å². The summed E-state index contributed by atoms with van der Waals surface area (Å²) in [5.74, 6) is 1.16. The molecule has 1 aromatic heterocycles. The van der Waals surface area contributed by atoms with Crippen LogP contribution >= 0.6 is 0 Å². The molecule has 5 aliphatic rings. The summed E-state index contributed by atoms with van der Waals surface area (Å²) in [7, 11) is 9.01. The number of ketones is 2. The first-order valence-electron chi connectivity index (χ1n) is 20.4. The van der Waals surface area contributed by atoms with E-state index in [0.717, 1.165) is 59.6 Å². The van der Waals surface area contributed by atoms with E-state index in [1.165, 1.54) is 0 Å². The van der Waals surface area contributed by atoms with E-state index in [2.05, 4.69) is 15.1 Å². The second kappa shape index (κ2) is 16.3. The number of hydrogen-bond acceptors (Lipinski definition) is 11. The van der Waals surface area contributed by atoms with Crippen LogP contribution in [0.25, 0.3) is 11.1 Å². The Kier molecular flexibility index (Phi) is 11.1. The monoisotopic (exact) mass is 808 g/mol. The fourth-order valence-corrected chi connectivity index (χ4v) is 9.65. The third-order valence-electron chi connectivity index (χ3n) is 12.7. The maximum atomic E-state index is 13.7. The number of nitrogens with zero attached hydrogens (tertiary/aromatic N) is 5. The summed E-state index contributed by atoms with van der Waals surface area (Å²) in [5, 5.41) is 3.29. The maximum Gasteiger partial charge on any atom is 0.317 e. The Balaban J connectivity index is 0.834. The molecule has 1 saturated heterocycles. The summed E-state index contributed by atoms with van der Waals surface area (Å²) < 4.78 is 19.2. The van der Waals surface area contributed by atoms with Crippen LogP contribution in [-0.4, -0.2) is 127 Å². The number of carbonyl (C=O) groups excluding carboxylic acids is 5. The van der Waals surface area contributed by atoms with Gasteiger partial charge in [-0.25, -0.2) is 4.79 Å². The number of ether oxygens (including phenoxy) is 3. The fourth-order valence-electron chi connectivity index (χ4n) is 9.65. The number of imide groups is 1. The third-order valence-corrected chi connectivity index (χ3v) is 12.7. The average Bonchev–Trinajstić information content (AvgIpc) is 3.67. The molecular weight excluding hydrogens is 757 g/mol. The highest BCUT2D eigenvalue weighted by molar-refractivity contribution is 6.23. The molecule has 59 heavy (non-hydrogen) atoms. The molecule has 312 valence electrons. The molecule has 4 atom stereocenters. The molecule has 0 radical (unpaired) electrons. The van der Waals surface area contributed by atoms with Crippen molar-refractivity contribution in [2.45, 2.75) is 63.7 Å². The van der Waals surface area contributed by atoms with Gasteiger partial charge >= 0.3 is 6.03 Å². The smallest absolute Gasteiger partial charge is 0.317 e. The Hall–Kier alpha value is -5.54. The number of likely N-dealkylation sites (tertiary alicyclic amines) is 1. The maximum absolute atomic E-state index is 13.7. The standard InChI is InChI=1S/C44H52N6O9/c1-46(2)21-35-39(57-4)16-25(17-40(35)58-5)32-22-47(3)41(53)34-24-49(13-11-29(32)34)44(56)45-36-15-26-20-48(23-33(26)36)12-6-14-59-28-8-9-30-31(19-28)43(55)50(42(30)54)37-10-7-27(51)18-38(37)52/h8-9,16-17,19,22,26,33,36-37H,6-7,10-15,18,20-21,23-24H2,1-5H3,(H,45,56)/t26-,33+,36?,37?/m1/s1. The number of fused-ring (bicyclic) bond motifs is 3. The zero-order valence-corrected chi connectivity index (χ0v) is 34.4. The van der Waals surface area contributed by atoms with Crippen LogP contribution in [-0.2, 0) is 36.1 Å². The van der Waals surface area contributed by atoms with Gasteiger partial charge in [0.05, 0.1) is 56.5 Å². The zero-order valence-electron chi connectivity index (χ0n) is 34.4. The number of pyridine rings is 1. The lowest BCUT2D eigenvalue weighted by atomic mass is 9.71. The van der Waals surface area contributed by atoms with Gasteiger partial charge in [0, 0.05) is 69.6 Å². The summed E-state index contributed by atoms with van der Waals surface area (Å²) >= 11 is 0. The van der Waals surface area contributed by atoms with E-state index < -0.39 is 23.6 Å². The normalized spacial score (nSPS) is 22.6. The number of nitrogens with one attached hydrogen (secondary N) is 1. The SMILES string of the molecule is COc1cc(-c2cn(C)c(=O)c3c2CCN(C(=O)NC2C[C@@H]4CN(CCCOc5ccc6c(c5)C(=O)N(C5CCC(=O)CC5=O)C6=O)C[C@H]24)C3)cc(OC)c1CN(C)C. The Labute approximate surface area is 343 Å². The van der Waals surface area contributed by atoms with Crippen LogP contribution in [0.15, 0.2) is 41.3 Å². The van der Waals surface area contributed by atoms with Crippen molar-refractivity contribution in [3.05, 3.63) is 74.7 Å². The lowest BCUT2D eigenvalue weighted by Gasteiger charge is -2.41. The van der Waals surface area contributed by atoms with Crippen molar-refractivity contribution in [1.82, 2.24) is 29.5 Å². The molecule has 2 saturated carbocycles. The van der Waals surface area contributed by atoms with Crippen LogP contribution < -0.4 is 25.1 Å². The Morgan fingerprint density at radius 3 is 2.37 bits per heavy atom. The van der Waals surface area contributed by atoms with Gasteiger partial charge in [-0.2, -0.15) is 0 Å². The van der Waals surface area contributed by atoms with Crippen molar-refractivity contribution in [2.24, 2.45) is 18.9 Å². The molecule has 8 rings (SSSR count). The molecule has 3 aromatic rings. The van der Waals surface area contributed by atoms with Gasteiger partial charge in [-0.15, -0.1) is 0 Å².